The summed E-state index contributed by atoms with van der Waals surface area (Å²) < 4.78 is 0. The molecule has 0 unspecified atom stereocenters. The van der Waals surface area contributed by atoms with Crippen LogP contribution >= 0.6 is 0 Å². The molecule has 0 saturated carbocycles. The summed E-state index contributed by atoms with van der Waals surface area (Å²) in [6, 6.07) is 18.2. The first-order valence-corrected chi connectivity index (χ1v) is 7.34. The highest BCUT2D eigenvalue weighted by molar-refractivity contribution is 5.97. The number of carbonyl (C=O) groups is 1. The molecule has 0 bridgehead atoms. The van der Waals surface area contributed by atoms with Crippen molar-refractivity contribution in [1.29, 1.82) is 0 Å². The van der Waals surface area contributed by atoms with Crippen LogP contribution in [0.25, 0.3) is 21.8 Å². The number of nitrogens with zero attached hydrogens (tertiary/aromatic N) is 3. The molecule has 0 saturated heterocycles. The van der Waals surface area contributed by atoms with Crippen molar-refractivity contribution in [3.05, 3.63) is 66.4 Å². The maximum Gasteiger partial charge on any atom is 0.313 e. The van der Waals surface area contributed by atoms with Gasteiger partial charge in [0.15, 0.2) is 5.69 Å². The molecule has 0 aliphatic carbocycles. The number of aromatic nitrogens is 2. The van der Waals surface area contributed by atoms with Gasteiger partial charge in [0.2, 0.25) is 5.88 Å². The Kier molecular flexibility index (Phi) is 3.28. The molecule has 24 heavy (non-hydrogen) atoms. The second-order valence-corrected chi connectivity index (χ2v) is 5.26. The molecule has 1 amide bonds. The van der Waals surface area contributed by atoms with Gasteiger partial charge in [0.05, 0.1) is 11.0 Å². The second kappa shape index (κ2) is 5.58. The van der Waals surface area contributed by atoms with Gasteiger partial charge in [-0.3, -0.25) is 4.79 Å². The fourth-order valence-electron chi connectivity index (χ4n) is 2.55. The highest BCUT2D eigenvalue weighted by Crippen LogP contribution is 2.35. The molecule has 4 rings (SSSR count). The van der Waals surface area contributed by atoms with Crippen LogP contribution in [0.1, 0.15) is 10.5 Å². The van der Waals surface area contributed by atoms with Crippen LogP contribution in [0, 0.1) is 0 Å². The van der Waals surface area contributed by atoms with E-state index < -0.39 is 5.91 Å². The number of fused-ring (bicyclic) bond motifs is 2. The Labute approximate surface area is 136 Å². The van der Waals surface area contributed by atoms with Crippen LogP contribution in [-0.4, -0.2) is 21.0 Å². The SMILES string of the molecule is O=C(N=Nc1c(O)[nH]c2ccccc12)c1ccc2ccccc2n1. The molecule has 2 aromatic heterocycles. The predicted molar refractivity (Wildman–Crippen MR) is 90.6 cm³/mol. The Morgan fingerprint density at radius 3 is 2.71 bits per heavy atom. The summed E-state index contributed by atoms with van der Waals surface area (Å²) in [5, 5.41) is 19.2. The summed E-state index contributed by atoms with van der Waals surface area (Å²) in [6.07, 6.45) is 0. The number of hydrogen-bond donors (Lipinski definition) is 2. The van der Waals surface area contributed by atoms with Crippen LogP contribution in [0.3, 0.4) is 0 Å². The number of hydrogen-bond acceptors (Lipinski definition) is 4. The average molecular weight is 316 g/mol. The van der Waals surface area contributed by atoms with Gasteiger partial charge in [-0.2, -0.15) is 0 Å². The number of carbonyl (C=O) groups excluding carboxylic acids is 1. The molecule has 2 aromatic carbocycles. The lowest BCUT2D eigenvalue weighted by molar-refractivity contribution is 0.0990. The smallest absolute Gasteiger partial charge is 0.313 e. The van der Waals surface area contributed by atoms with E-state index in [0.29, 0.717) is 10.9 Å². The Morgan fingerprint density at radius 2 is 1.79 bits per heavy atom. The van der Waals surface area contributed by atoms with Gasteiger partial charge in [-0.05, 0) is 18.2 Å². The van der Waals surface area contributed by atoms with Crippen molar-refractivity contribution in [2.75, 3.05) is 0 Å². The zero-order chi connectivity index (χ0) is 16.5. The Hall–Kier alpha value is -3.54. The van der Waals surface area contributed by atoms with Crippen molar-refractivity contribution in [2.45, 2.75) is 0 Å². The summed E-state index contributed by atoms with van der Waals surface area (Å²) >= 11 is 0. The van der Waals surface area contributed by atoms with Crippen LogP contribution in [0.4, 0.5) is 5.69 Å². The van der Waals surface area contributed by atoms with Gasteiger partial charge < -0.3 is 10.1 Å². The van der Waals surface area contributed by atoms with Crippen molar-refractivity contribution in [3.8, 4) is 5.88 Å². The maximum absolute atomic E-state index is 12.2. The van der Waals surface area contributed by atoms with Crippen LogP contribution in [0.2, 0.25) is 0 Å². The monoisotopic (exact) mass is 316 g/mol. The van der Waals surface area contributed by atoms with E-state index in [1.54, 1.807) is 18.2 Å². The molecule has 0 fully saturated rings. The number of aromatic amines is 1. The highest BCUT2D eigenvalue weighted by Gasteiger charge is 2.12. The summed E-state index contributed by atoms with van der Waals surface area (Å²) in [7, 11) is 0. The van der Waals surface area contributed by atoms with Gasteiger partial charge in [0.25, 0.3) is 0 Å². The Bertz CT molecular complexity index is 1100. The van der Waals surface area contributed by atoms with E-state index in [1.807, 2.05) is 42.5 Å². The van der Waals surface area contributed by atoms with Crippen LogP contribution < -0.4 is 0 Å². The van der Waals surface area contributed by atoms with E-state index in [1.165, 1.54) is 0 Å². The number of rotatable bonds is 2. The first kappa shape index (κ1) is 14.1. The van der Waals surface area contributed by atoms with Gasteiger partial charge in [0, 0.05) is 10.8 Å². The Morgan fingerprint density at radius 1 is 1.00 bits per heavy atom. The molecule has 2 heterocycles. The minimum absolute atomic E-state index is 0.126. The fourth-order valence-corrected chi connectivity index (χ4v) is 2.55. The van der Waals surface area contributed by atoms with Crippen LogP contribution in [0.5, 0.6) is 5.88 Å². The first-order chi connectivity index (χ1) is 11.7. The third-order valence-electron chi connectivity index (χ3n) is 3.72. The first-order valence-electron chi connectivity index (χ1n) is 7.34. The second-order valence-electron chi connectivity index (χ2n) is 5.26. The quantitative estimate of drug-likeness (QED) is 0.539. The van der Waals surface area contributed by atoms with Gasteiger partial charge in [-0.1, -0.05) is 42.5 Å². The molecule has 6 nitrogen and oxygen atoms in total. The van der Waals surface area contributed by atoms with E-state index in [0.717, 1.165) is 10.9 Å². The lowest BCUT2D eigenvalue weighted by atomic mass is 10.2. The number of amides is 1. The van der Waals surface area contributed by atoms with Crippen molar-refractivity contribution in [1.82, 2.24) is 9.97 Å². The number of H-pyrrole nitrogens is 1. The molecule has 6 heteroatoms. The number of aromatic hydroxyl groups is 1. The van der Waals surface area contributed by atoms with Crippen molar-refractivity contribution >= 4 is 33.4 Å². The molecular formula is C18H12N4O2. The molecule has 0 radical (unpaired) electrons. The fraction of sp³-hybridized carbons (Fsp3) is 0. The molecule has 2 N–H and O–H groups in total. The number of para-hydroxylation sites is 2. The van der Waals surface area contributed by atoms with Crippen LogP contribution in [-0.2, 0) is 0 Å². The average Bonchev–Trinajstić information content (AvgIpc) is 2.94. The number of benzene rings is 2. The number of pyridine rings is 1. The van der Waals surface area contributed by atoms with Crippen molar-refractivity contribution in [2.24, 2.45) is 10.2 Å². The van der Waals surface area contributed by atoms with Crippen molar-refractivity contribution in [3.63, 3.8) is 0 Å². The van der Waals surface area contributed by atoms with E-state index >= 15 is 0 Å². The third kappa shape index (κ3) is 2.40. The molecular weight excluding hydrogens is 304 g/mol. The predicted octanol–water partition coefficient (Wildman–Crippen LogP) is 4.35. The summed E-state index contributed by atoms with van der Waals surface area (Å²) in [5.74, 6) is -0.690. The largest absolute Gasteiger partial charge is 0.493 e. The van der Waals surface area contributed by atoms with E-state index in [9.17, 15) is 9.90 Å². The summed E-state index contributed by atoms with van der Waals surface area (Å²) in [4.78, 5) is 19.3. The lowest BCUT2D eigenvalue weighted by Crippen LogP contribution is -1.97. The molecule has 4 aromatic rings. The van der Waals surface area contributed by atoms with E-state index in [4.69, 9.17) is 0 Å². The minimum atomic E-state index is -0.564. The molecule has 0 aliphatic rings. The zero-order valence-corrected chi connectivity index (χ0v) is 12.5. The lowest BCUT2D eigenvalue weighted by Gasteiger charge is -1.98. The number of azo groups is 1. The molecule has 0 aliphatic heterocycles. The number of nitrogens with one attached hydrogen (secondary N) is 1. The van der Waals surface area contributed by atoms with E-state index in [-0.39, 0.29) is 17.3 Å². The normalized spacial score (nSPS) is 11.5. The standard InChI is InChI=1S/C18H12N4O2/c23-17(15-10-9-11-5-1-3-7-13(11)19-15)22-21-16-12-6-2-4-8-14(12)20-18(16)24/h1-10,20,24H. The molecule has 0 atom stereocenters. The zero-order valence-electron chi connectivity index (χ0n) is 12.5. The minimum Gasteiger partial charge on any atom is -0.493 e. The third-order valence-corrected chi connectivity index (χ3v) is 3.72. The van der Waals surface area contributed by atoms with Gasteiger partial charge in [-0.15, -0.1) is 10.2 Å². The highest BCUT2D eigenvalue weighted by atomic mass is 16.3. The van der Waals surface area contributed by atoms with Crippen molar-refractivity contribution < 1.29 is 9.90 Å². The Balaban J connectivity index is 1.69. The molecule has 0 spiro atoms. The van der Waals surface area contributed by atoms with Gasteiger partial charge in [0.1, 0.15) is 5.69 Å². The summed E-state index contributed by atoms with van der Waals surface area (Å²) in [6.45, 7) is 0. The maximum atomic E-state index is 12.2. The summed E-state index contributed by atoms with van der Waals surface area (Å²) in [5.41, 5.74) is 1.88. The topological polar surface area (TPSA) is 90.7 Å². The van der Waals surface area contributed by atoms with Crippen LogP contribution in [0.15, 0.2) is 70.9 Å². The van der Waals surface area contributed by atoms with Gasteiger partial charge >= 0.3 is 5.91 Å². The molecule has 116 valence electrons. The van der Waals surface area contributed by atoms with Gasteiger partial charge in [-0.25, -0.2) is 4.98 Å². The van der Waals surface area contributed by atoms with E-state index in [2.05, 4.69) is 20.2 Å².